The molecule has 1 fully saturated rings. The van der Waals surface area contributed by atoms with Gasteiger partial charge in [0.05, 0.1) is 17.2 Å². The Bertz CT molecular complexity index is 809. The van der Waals surface area contributed by atoms with E-state index in [0.717, 1.165) is 19.5 Å². The number of aromatic nitrogens is 2. The van der Waals surface area contributed by atoms with Crippen LogP contribution in [0.25, 0.3) is 10.9 Å². The van der Waals surface area contributed by atoms with Gasteiger partial charge in [0.2, 0.25) is 0 Å². The minimum Gasteiger partial charge on any atom is -0.342 e. The smallest absolute Gasteiger partial charge is 0.260 e. The van der Waals surface area contributed by atoms with Gasteiger partial charge in [-0.1, -0.05) is 6.42 Å². The van der Waals surface area contributed by atoms with Crippen LogP contribution in [0.5, 0.6) is 0 Å². The second kappa shape index (κ2) is 7.78. The Morgan fingerprint density at radius 3 is 2.76 bits per heavy atom. The van der Waals surface area contributed by atoms with Crippen molar-refractivity contribution in [2.24, 2.45) is 7.05 Å². The molecule has 0 atom stereocenters. The van der Waals surface area contributed by atoms with Crippen LogP contribution in [0.15, 0.2) is 29.3 Å². The number of carbonyl (C=O) groups is 1. The number of benzene rings is 1. The lowest BCUT2D eigenvalue weighted by Gasteiger charge is -2.27. The van der Waals surface area contributed by atoms with Gasteiger partial charge in [-0.15, -0.1) is 0 Å². The fraction of sp³-hybridized carbons (Fsp3) is 0.526. The number of rotatable bonds is 5. The Kier molecular flexibility index (Phi) is 5.48. The lowest BCUT2D eigenvalue weighted by Crippen LogP contribution is -2.34. The molecule has 1 aromatic heterocycles. The molecule has 3 rings (SSSR count). The van der Waals surface area contributed by atoms with E-state index in [2.05, 4.69) is 9.88 Å². The Hall–Kier alpha value is -2.21. The molecule has 0 saturated carbocycles. The average molecular weight is 342 g/mol. The van der Waals surface area contributed by atoms with Crippen LogP contribution in [0.2, 0.25) is 0 Å². The molecule has 6 nitrogen and oxygen atoms in total. The molecule has 0 bridgehead atoms. The molecule has 6 heteroatoms. The molecular weight excluding hydrogens is 316 g/mol. The van der Waals surface area contributed by atoms with Gasteiger partial charge in [-0.3, -0.25) is 9.59 Å². The van der Waals surface area contributed by atoms with E-state index in [-0.39, 0.29) is 11.5 Å². The minimum absolute atomic E-state index is 0.0250. The fourth-order valence-electron chi connectivity index (χ4n) is 3.38. The second-order valence-electron chi connectivity index (χ2n) is 6.88. The van der Waals surface area contributed by atoms with Gasteiger partial charge >= 0.3 is 0 Å². The fourth-order valence-corrected chi connectivity index (χ4v) is 3.38. The summed E-state index contributed by atoms with van der Waals surface area (Å²) in [6.07, 6.45) is 6.39. The van der Waals surface area contributed by atoms with E-state index in [4.69, 9.17) is 0 Å². The lowest BCUT2D eigenvalue weighted by atomic mass is 10.1. The van der Waals surface area contributed by atoms with Gasteiger partial charge < -0.3 is 14.4 Å². The number of piperidine rings is 1. The van der Waals surface area contributed by atoms with E-state index in [1.165, 1.54) is 43.2 Å². The van der Waals surface area contributed by atoms with Gasteiger partial charge in [-0.25, -0.2) is 4.98 Å². The van der Waals surface area contributed by atoms with Crippen molar-refractivity contribution in [3.05, 3.63) is 40.4 Å². The van der Waals surface area contributed by atoms with Crippen LogP contribution in [0.3, 0.4) is 0 Å². The second-order valence-corrected chi connectivity index (χ2v) is 6.88. The maximum absolute atomic E-state index is 12.6. The highest BCUT2D eigenvalue weighted by atomic mass is 16.2. The van der Waals surface area contributed by atoms with Gasteiger partial charge in [0.15, 0.2) is 0 Å². The van der Waals surface area contributed by atoms with Gasteiger partial charge in [0.25, 0.3) is 11.5 Å². The van der Waals surface area contributed by atoms with Crippen molar-refractivity contribution in [3.63, 3.8) is 0 Å². The number of nitrogens with zero attached hydrogens (tertiary/aromatic N) is 4. The van der Waals surface area contributed by atoms with Crippen LogP contribution >= 0.6 is 0 Å². The number of amides is 1. The molecule has 2 heterocycles. The number of aryl methyl sites for hydroxylation is 1. The van der Waals surface area contributed by atoms with E-state index in [9.17, 15) is 9.59 Å². The third-order valence-corrected chi connectivity index (χ3v) is 4.93. The molecule has 0 N–H and O–H groups in total. The summed E-state index contributed by atoms with van der Waals surface area (Å²) in [5.74, 6) is -0.0250. The molecule has 0 aliphatic carbocycles. The molecular formula is C19H26N4O2. The lowest BCUT2D eigenvalue weighted by molar-refractivity contribution is 0.0787. The van der Waals surface area contributed by atoms with E-state index < -0.39 is 0 Å². The molecule has 1 amide bonds. The first-order valence-corrected chi connectivity index (χ1v) is 8.99. The summed E-state index contributed by atoms with van der Waals surface area (Å²) in [6.45, 7) is 4.15. The van der Waals surface area contributed by atoms with Crippen LogP contribution in [0.4, 0.5) is 0 Å². The average Bonchev–Trinajstić information content (AvgIpc) is 2.64. The maximum atomic E-state index is 12.6. The Labute approximate surface area is 148 Å². The summed E-state index contributed by atoms with van der Waals surface area (Å²) < 4.78 is 1.44. The quantitative estimate of drug-likeness (QED) is 0.832. The molecule has 1 aliphatic rings. The van der Waals surface area contributed by atoms with Crippen molar-refractivity contribution in [1.29, 1.82) is 0 Å². The molecule has 1 aromatic carbocycles. The highest BCUT2D eigenvalue weighted by molar-refractivity contribution is 5.97. The first-order valence-electron chi connectivity index (χ1n) is 8.99. The van der Waals surface area contributed by atoms with Crippen molar-refractivity contribution in [2.45, 2.75) is 25.7 Å². The molecule has 0 spiro atoms. The molecule has 134 valence electrons. The Morgan fingerprint density at radius 2 is 2.00 bits per heavy atom. The first-order chi connectivity index (χ1) is 12.1. The SMILES string of the molecule is CN(CCCN1CCCCC1)C(=O)c1ccc2c(=O)n(C)cnc2c1. The number of carbonyl (C=O) groups excluding carboxylic acids is 1. The molecule has 0 unspecified atom stereocenters. The third kappa shape index (κ3) is 4.07. The van der Waals surface area contributed by atoms with Crippen LogP contribution in [0.1, 0.15) is 36.0 Å². The number of likely N-dealkylation sites (tertiary alicyclic amines) is 1. The van der Waals surface area contributed by atoms with E-state index in [1.54, 1.807) is 30.1 Å². The van der Waals surface area contributed by atoms with Gasteiger partial charge in [-0.2, -0.15) is 0 Å². The van der Waals surface area contributed by atoms with Crippen molar-refractivity contribution in [2.75, 3.05) is 33.2 Å². The highest BCUT2D eigenvalue weighted by Crippen LogP contribution is 2.13. The summed E-state index contributed by atoms with van der Waals surface area (Å²) in [5.41, 5.74) is 1.04. The molecule has 25 heavy (non-hydrogen) atoms. The molecule has 1 aliphatic heterocycles. The third-order valence-electron chi connectivity index (χ3n) is 4.93. The monoisotopic (exact) mass is 342 g/mol. The van der Waals surface area contributed by atoms with Crippen LogP contribution in [-0.2, 0) is 7.05 Å². The van der Waals surface area contributed by atoms with E-state index in [1.807, 2.05) is 7.05 Å². The number of hydrogen-bond donors (Lipinski definition) is 0. The van der Waals surface area contributed by atoms with Gasteiger partial charge in [-0.05, 0) is 57.1 Å². The van der Waals surface area contributed by atoms with Crippen LogP contribution < -0.4 is 5.56 Å². The molecule has 2 aromatic rings. The zero-order valence-corrected chi connectivity index (χ0v) is 15.1. The summed E-state index contributed by atoms with van der Waals surface area (Å²) in [7, 11) is 3.50. The predicted octanol–water partition coefficient (Wildman–Crippen LogP) is 1.88. The van der Waals surface area contributed by atoms with Crippen molar-refractivity contribution in [1.82, 2.24) is 19.4 Å². The Morgan fingerprint density at radius 1 is 1.24 bits per heavy atom. The standard InChI is InChI=1S/C19H26N4O2/c1-21(9-6-12-23-10-4-3-5-11-23)18(24)15-7-8-16-17(13-15)20-14-22(2)19(16)25/h7-8,13-14H,3-6,9-12H2,1-2H3. The minimum atomic E-state index is -0.0983. The van der Waals surface area contributed by atoms with Crippen molar-refractivity contribution in [3.8, 4) is 0 Å². The van der Waals surface area contributed by atoms with Crippen LogP contribution in [0, 0.1) is 0 Å². The molecule has 1 saturated heterocycles. The van der Waals surface area contributed by atoms with E-state index in [0.29, 0.717) is 16.5 Å². The zero-order chi connectivity index (χ0) is 17.8. The number of hydrogen-bond acceptors (Lipinski definition) is 4. The first kappa shape index (κ1) is 17.6. The normalized spacial score (nSPS) is 15.4. The number of fused-ring (bicyclic) bond motifs is 1. The van der Waals surface area contributed by atoms with Gasteiger partial charge in [0, 0.05) is 26.2 Å². The van der Waals surface area contributed by atoms with Crippen LogP contribution in [-0.4, -0.2) is 58.5 Å². The Balaban J connectivity index is 1.62. The largest absolute Gasteiger partial charge is 0.342 e. The summed E-state index contributed by atoms with van der Waals surface area (Å²) in [6, 6.07) is 5.12. The van der Waals surface area contributed by atoms with Crippen molar-refractivity contribution >= 4 is 16.8 Å². The molecule has 0 radical (unpaired) electrons. The van der Waals surface area contributed by atoms with E-state index >= 15 is 0 Å². The topological polar surface area (TPSA) is 58.4 Å². The summed E-state index contributed by atoms with van der Waals surface area (Å²) in [5, 5.41) is 0.536. The highest BCUT2D eigenvalue weighted by Gasteiger charge is 2.15. The summed E-state index contributed by atoms with van der Waals surface area (Å²) in [4.78, 5) is 33.2. The maximum Gasteiger partial charge on any atom is 0.260 e. The summed E-state index contributed by atoms with van der Waals surface area (Å²) >= 11 is 0. The van der Waals surface area contributed by atoms with Crippen molar-refractivity contribution < 1.29 is 4.79 Å². The zero-order valence-electron chi connectivity index (χ0n) is 15.1. The van der Waals surface area contributed by atoms with Gasteiger partial charge in [0.1, 0.15) is 0 Å². The predicted molar refractivity (Wildman–Crippen MR) is 98.9 cm³/mol.